The maximum atomic E-state index is 5.58. The Bertz CT molecular complexity index is 1510. The Morgan fingerprint density at radius 2 is 1.50 bits per heavy atom. The van der Waals surface area contributed by atoms with Crippen LogP contribution in [0.25, 0.3) is 10.9 Å². The summed E-state index contributed by atoms with van der Waals surface area (Å²) in [4.78, 5) is 14.3. The van der Waals surface area contributed by atoms with Gasteiger partial charge in [-0.3, -0.25) is 0 Å². The summed E-state index contributed by atoms with van der Waals surface area (Å²) in [7, 11) is 10.7. The number of fused-ring (bicyclic) bond motifs is 2. The average molecular weight is 544 g/mol. The fraction of sp³-hybridized carbons (Fsp3) is 0.355. The topological polar surface area (TPSA) is 81.2 Å². The molecule has 0 bridgehead atoms. The third-order valence-electron chi connectivity index (χ3n) is 7.34. The molecule has 40 heavy (non-hydrogen) atoms. The van der Waals surface area contributed by atoms with Gasteiger partial charge < -0.3 is 34.1 Å². The van der Waals surface area contributed by atoms with Crippen molar-refractivity contribution in [2.75, 3.05) is 70.7 Å². The monoisotopic (exact) mass is 543 g/mol. The van der Waals surface area contributed by atoms with Crippen molar-refractivity contribution in [2.24, 2.45) is 0 Å². The minimum Gasteiger partial charge on any atom is -0.493 e. The second-order valence-corrected chi connectivity index (χ2v) is 9.98. The van der Waals surface area contributed by atoms with Crippen LogP contribution in [0.5, 0.6) is 23.0 Å². The van der Waals surface area contributed by atoms with Gasteiger partial charge in [-0.15, -0.1) is 0 Å². The molecule has 0 unspecified atom stereocenters. The van der Waals surface area contributed by atoms with Gasteiger partial charge in [0.25, 0.3) is 0 Å². The van der Waals surface area contributed by atoms with Crippen molar-refractivity contribution in [3.8, 4) is 23.0 Å². The van der Waals surface area contributed by atoms with E-state index >= 15 is 0 Å². The molecular formula is C31H37N5O4. The smallest absolute Gasteiger partial charge is 0.225 e. The summed E-state index contributed by atoms with van der Waals surface area (Å²) in [5.41, 5.74) is 5.63. The Morgan fingerprint density at radius 1 is 0.800 bits per heavy atom. The van der Waals surface area contributed by atoms with E-state index in [2.05, 4.69) is 45.4 Å². The number of rotatable bonds is 10. The van der Waals surface area contributed by atoms with E-state index in [0.29, 0.717) is 12.5 Å². The fourth-order valence-corrected chi connectivity index (χ4v) is 5.12. The molecule has 9 nitrogen and oxygen atoms in total. The summed E-state index contributed by atoms with van der Waals surface area (Å²) in [6.45, 7) is 2.24. The van der Waals surface area contributed by atoms with Gasteiger partial charge in [0.2, 0.25) is 5.95 Å². The van der Waals surface area contributed by atoms with Crippen LogP contribution >= 0.6 is 0 Å². The van der Waals surface area contributed by atoms with Crippen molar-refractivity contribution in [3.63, 3.8) is 0 Å². The largest absolute Gasteiger partial charge is 0.493 e. The molecule has 0 fully saturated rings. The molecule has 0 amide bonds. The number of anilines is 3. The van der Waals surface area contributed by atoms with Gasteiger partial charge in [0.1, 0.15) is 5.82 Å². The Labute approximate surface area is 235 Å². The Hall–Kier alpha value is -4.40. The summed E-state index contributed by atoms with van der Waals surface area (Å²) in [6.07, 6.45) is 1.67. The number of nitrogens with one attached hydrogen (secondary N) is 1. The van der Waals surface area contributed by atoms with Crippen molar-refractivity contribution in [1.29, 1.82) is 0 Å². The SMILES string of the molecule is COc1ccc(CCNc2nc(N3CCc4cc(OC)c(OC)cc4C3)c3cc(N(C)C)ccc3n2)cc1OC. The predicted molar refractivity (Wildman–Crippen MR) is 160 cm³/mol. The van der Waals surface area contributed by atoms with Crippen molar-refractivity contribution in [2.45, 2.75) is 19.4 Å². The number of ether oxygens (including phenoxy) is 4. The van der Waals surface area contributed by atoms with E-state index in [0.717, 1.165) is 76.9 Å². The van der Waals surface area contributed by atoms with Crippen LogP contribution in [0.4, 0.5) is 17.5 Å². The number of methoxy groups -OCH3 is 4. The maximum absolute atomic E-state index is 5.58. The van der Waals surface area contributed by atoms with Gasteiger partial charge in [0.05, 0.1) is 34.0 Å². The summed E-state index contributed by atoms with van der Waals surface area (Å²) in [5, 5.41) is 4.48. The highest BCUT2D eigenvalue weighted by Crippen LogP contribution is 2.36. The molecule has 210 valence electrons. The van der Waals surface area contributed by atoms with Crippen LogP contribution in [-0.4, -0.2) is 65.6 Å². The third-order valence-corrected chi connectivity index (χ3v) is 7.34. The highest BCUT2D eigenvalue weighted by atomic mass is 16.5. The van der Waals surface area contributed by atoms with Gasteiger partial charge in [-0.2, -0.15) is 4.98 Å². The van der Waals surface area contributed by atoms with Gasteiger partial charge >= 0.3 is 0 Å². The highest BCUT2D eigenvalue weighted by Gasteiger charge is 2.23. The van der Waals surface area contributed by atoms with Crippen LogP contribution in [0.15, 0.2) is 48.5 Å². The standard InChI is InChI=1S/C31H37N5O4/c1-35(2)23-8-9-25-24(18-23)30(36-14-12-21-16-28(39-5)29(40-6)17-22(21)19-36)34-31(33-25)32-13-11-20-7-10-26(37-3)27(15-20)38-4/h7-10,15-18H,11-14,19H2,1-6H3,(H,32,33,34). The van der Waals surface area contributed by atoms with E-state index < -0.39 is 0 Å². The van der Waals surface area contributed by atoms with Gasteiger partial charge in [0, 0.05) is 44.8 Å². The Balaban J connectivity index is 1.44. The lowest BCUT2D eigenvalue weighted by molar-refractivity contribution is 0.353. The van der Waals surface area contributed by atoms with E-state index in [4.69, 9.17) is 28.9 Å². The first kappa shape index (κ1) is 27.2. The lowest BCUT2D eigenvalue weighted by Crippen LogP contribution is -2.31. The predicted octanol–water partition coefficient (Wildman–Crippen LogP) is 4.95. The molecule has 0 spiro atoms. The zero-order valence-electron chi connectivity index (χ0n) is 24.1. The molecular weight excluding hydrogens is 506 g/mol. The molecule has 5 rings (SSSR count). The third kappa shape index (κ3) is 5.50. The molecule has 1 aliphatic rings. The van der Waals surface area contributed by atoms with Crippen LogP contribution in [0.2, 0.25) is 0 Å². The molecule has 2 heterocycles. The minimum absolute atomic E-state index is 0.610. The van der Waals surface area contributed by atoms with Crippen molar-refractivity contribution >= 4 is 28.4 Å². The second kappa shape index (κ2) is 11.8. The van der Waals surface area contributed by atoms with Crippen LogP contribution in [-0.2, 0) is 19.4 Å². The normalized spacial score (nSPS) is 12.6. The molecule has 0 saturated carbocycles. The van der Waals surface area contributed by atoms with E-state index in [-0.39, 0.29) is 0 Å². The summed E-state index contributed by atoms with van der Waals surface area (Å²) in [6, 6.07) is 16.5. The van der Waals surface area contributed by atoms with E-state index in [1.54, 1.807) is 28.4 Å². The lowest BCUT2D eigenvalue weighted by atomic mass is 9.98. The summed E-state index contributed by atoms with van der Waals surface area (Å²) >= 11 is 0. The van der Waals surface area contributed by atoms with Crippen LogP contribution in [0.3, 0.4) is 0 Å². The van der Waals surface area contributed by atoms with Gasteiger partial charge in [0.15, 0.2) is 23.0 Å². The van der Waals surface area contributed by atoms with Crippen molar-refractivity contribution in [3.05, 3.63) is 65.2 Å². The first-order chi connectivity index (χ1) is 19.4. The average Bonchev–Trinajstić information content (AvgIpc) is 2.99. The Kier molecular flexibility index (Phi) is 8.00. The molecule has 4 aromatic rings. The van der Waals surface area contributed by atoms with Gasteiger partial charge in [-0.05, 0) is 72.0 Å². The molecule has 0 aliphatic carbocycles. The first-order valence-corrected chi connectivity index (χ1v) is 13.4. The number of benzene rings is 3. The fourth-order valence-electron chi connectivity index (χ4n) is 5.12. The van der Waals surface area contributed by atoms with Crippen LogP contribution < -0.4 is 34.1 Å². The zero-order chi connectivity index (χ0) is 28.2. The number of nitrogens with zero attached hydrogens (tertiary/aromatic N) is 4. The molecule has 0 radical (unpaired) electrons. The lowest BCUT2D eigenvalue weighted by Gasteiger charge is -2.31. The zero-order valence-corrected chi connectivity index (χ0v) is 24.1. The molecule has 0 saturated heterocycles. The molecule has 0 atom stereocenters. The number of hydrogen-bond donors (Lipinski definition) is 1. The minimum atomic E-state index is 0.610. The Morgan fingerprint density at radius 3 is 2.20 bits per heavy atom. The first-order valence-electron chi connectivity index (χ1n) is 13.4. The van der Waals surface area contributed by atoms with E-state index in [9.17, 15) is 0 Å². The van der Waals surface area contributed by atoms with Gasteiger partial charge in [-0.25, -0.2) is 4.98 Å². The van der Waals surface area contributed by atoms with Crippen LogP contribution in [0.1, 0.15) is 16.7 Å². The van der Waals surface area contributed by atoms with Crippen LogP contribution in [0, 0.1) is 0 Å². The quantitative estimate of drug-likeness (QED) is 0.299. The van der Waals surface area contributed by atoms with Crippen molar-refractivity contribution < 1.29 is 18.9 Å². The van der Waals surface area contributed by atoms with Crippen molar-refractivity contribution in [1.82, 2.24) is 9.97 Å². The highest BCUT2D eigenvalue weighted by molar-refractivity contribution is 5.93. The molecule has 9 heteroatoms. The molecule has 1 N–H and O–H groups in total. The number of aromatic nitrogens is 2. The summed E-state index contributed by atoms with van der Waals surface area (Å²) in [5.74, 6) is 4.47. The van der Waals surface area contributed by atoms with E-state index in [1.165, 1.54) is 11.1 Å². The molecule has 1 aromatic heterocycles. The second-order valence-electron chi connectivity index (χ2n) is 9.98. The number of hydrogen-bond acceptors (Lipinski definition) is 9. The van der Waals surface area contributed by atoms with E-state index in [1.807, 2.05) is 32.3 Å². The van der Waals surface area contributed by atoms with Gasteiger partial charge in [-0.1, -0.05) is 6.07 Å². The molecule has 3 aromatic carbocycles. The maximum Gasteiger partial charge on any atom is 0.225 e. The molecule has 1 aliphatic heterocycles. The summed E-state index contributed by atoms with van der Waals surface area (Å²) < 4.78 is 21.9.